The second-order valence-corrected chi connectivity index (χ2v) is 23.2. The summed E-state index contributed by atoms with van der Waals surface area (Å²) in [5, 5.41) is 0. The summed E-state index contributed by atoms with van der Waals surface area (Å²) >= 11 is 0. The summed E-state index contributed by atoms with van der Waals surface area (Å²) in [4.78, 5) is 0. The fourth-order valence-corrected chi connectivity index (χ4v) is 4.34. The van der Waals surface area contributed by atoms with Crippen LogP contribution in [0.4, 0.5) is 0 Å². The van der Waals surface area contributed by atoms with E-state index in [9.17, 15) is 0 Å². The van der Waals surface area contributed by atoms with Gasteiger partial charge in [0.1, 0.15) is 0 Å². The van der Waals surface area contributed by atoms with E-state index in [1.807, 2.05) is 0 Å². The van der Waals surface area contributed by atoms with E-state index in [1.54, 1.807) is 0 Å². The Morgan fingerprint density at radius 2 is 0.621 bits per heavy atom. The van der Waals surface area contributed by atoms with Crippen molar-refractivity contribution in [1.82, 2.24) is 0 Å². The van der Waals surface area contributed by atoms with Crippen LogP contribution in [0.25, 0.3) is 0 Å². The Morgan fingerprint density at radius 3 is 0.655 bits per heavy atom. The van der Waals surface area contributed by atoms with Crippen molar-refractivity contribution in [3.8, 4) is 0 Å². The normalized spacial score (nSPS) is 11.3. The molecule has 0 aromatic rings. The van der Waals surface area contributed by atoms with Crippen LogP contribution in [-0.2, 0) is 0 Å². The minimum absolute atomic E-state index is 0.500. The van der Waals surface area contributed by atoms with Crippen LogP contribution in [0.5, 0.6) is 0 Å². The zero-order valence-corrected chi connectivity index (χ0v) is 48.8. The Balaban J connectivity index is -0.0000000669. The smallest absolute Gasteiger partial charge is 0.0360 e. The fraction of sp³-hybridized carbons (Fsp3) is 1.00. The molecular formula is C58H134. The van der Waals surface area contributed by atoms with Crippen LogP contribution in [0.1, 0.15) is 299 Å². The molecule has 0 bridgehead atoms. The first-order valence-corrected chi connectivity index (χ1v) is 26.1. The van der Waals surface area contributed by atoms with E-state index in [0.29, 0.717) is 5.41 Å². The highest BCUT2D eigenvalue weighted by Gasteiger charge is 2.13. The predicted octanol–water partition coefficient (Wildman–Crippen LogP) is 22.8. The second-order valence-electron chi connectivity index (χ2n) is 23.2. The third-order valence-electron chi connectivity index (χ3n) is 10.4. The largest absolute Gasteiger partial charge is 0.0654 e. The topological polar surface area (TPSA) is 0 Å². The Bertz CT molecular complexity index is 600. The average Bonchev–Trinajstić information content (AvgIpc) is 3.04. The van der Waals surface area contributed by atoms with Crippen LogP contribution in [0, 0.1) is 82.3 Å². The lowest BCUT2D eigenvalue weighted by molar-refractivity contribution is 0.283. The van der Waals surface area contributed by atoms with E-state index >= 15 is 0 Å². The Hall–Kier alpha value is 0. The van der Waals surface area contributed by atoms with E-state index in [0.717, 1.165) is 76.9 Å². The molecule has 0 aliphatic carbocycles. The van der Waals surface area contributed by atoms with E-state index < -0.39 is 0 Å². The Kier molecular flexibility index (Phi) is 77.1. The number of hydrogen-bond acceptors (Lipinski definition) is 0. The first-order valence-electron chi connectivity index (χ1n) is 26.1. The van der Waals surface area contributed by atoms with Crippen LogP contribution in [0.15, 0.2) is 0 Å². The zero-order chi connectivity index (χ0) is 48.8. The van der Waals surface area contributed by atoms with E-state index in [4.69, 9.17) is 0 Å². The molecule has 0 spiro atoms. The molecule has 0 heterocycles. The summed E-state index contributed by atoms with van der Waals surface area (Å²) in [6.07, 6.45) is 14.9. The van der Waals surface area contributed by atoms with Gasteiger partial charge in [-0.2, -0.15) is 0 Å². The molecule has 58 heavy (non-hydrogen) atoms. The van der Waals surface area contributed by atoms with E-state index in [2.05, 4.69) is 228 Å². The molecule has 0 radical (unpaired) electrons. The van der Waals surface area contributed by atoms with Crippen molar-refractivity contribution in [3.63, 3.8) is 0 Å². The average molecular weight is 832 g/mol. The van der Waals surface area contributed by atoms with Crippen LogP contribution in [0.2, 0.25) is 0 Å². The molecule has 0 nitrogen and oxygen atoms in total. The standard InChI is InChI=1S/2C8H18.3C7H16.2C6H14.C5H12.C4H10/c1-5-8(4)6-7(2)3;1-5-8(6-2)7(3)4;1-6(2)7(3,4)5;1-6(2)5-7(3)4;1-4-5-6-7(2)3;1-5(2)6(3)4;1-4-5-6(2)3;1-4-5(2)3;1-4(2)3/h2*7-8H,5-6H2,1-4H3;6H,1-5H3;6-7H,5H2,1-4H3;7H,4-6H2,1-3H3;5-6H,1-4H3;6H,4-5H2,1-3H3;5H,4H2,1-3H3;4H,1-3H3. The van der Waals surface area contributed by atoms with Crippen LogP contribution >= 0.6 is 0 Å². The molecule has 0 aliphatic rings. The van der Waals surface area contributed by atoms with Gasteiger partial charge in [0.15, 0.2) is 0 Å². The summed E-state index contributed by atoms with van der Waals surface area (Å²) in [5.74, 6) is 11.4. The molecule has 0 fully saturated rings. The third-order valence-corrected chi connectivity index (χ3v) is 10.4. The summed E-state index contributed by atoms with van der Waals surface area (Å²) in [5.41, 5.74) is 0.500. The van der Waals surface area contributed by atoms with Crippen molar-refractivity contribution >= 4 is 0 Å². The summed E-state index contributed by atoms with van der Waals surface area (Å²) < 4.78 is 0. The first-order chi connectivity index (χ1) is 26.1. The molecule has 366 valence electrons. The van der Waals surface area contributed by atoms with Crippen molar-refractivity contribution in [2.45, 2.75) is 299 Å². The van der Waals surface area contributed by atoms with Crippen molar-refractivity contribution in [1.29, 1.82) is 0 Å². The van der Waals surface area contributed by atoms with Gasteiger partial charge in [-0.1, -0.05) is 286 Å². The molecule has 0 aromatic heterocycles. The minimum atomic E-state index is 0.500. The summed E-state index contributed by atoms with van der Waals surface area (Å²) in [7, 11) is 0. The highest BCUT2D eigenvalue weighted by atomic mass is 14.2. The zero-order valence-electron chi connectivity index (χ0n) is 48.8. The Morgan fingerprint density at radius 1 is 0.328 bits per heavy atom. The highest BCUT2D eigenvalue weighted by molar-refractivity contribution is 4.64. The molecular weight excluding hydrogens is 697 g/mol. The predicted molar refractivity (Wildman–Crippen MR) is 286 cm³/mol. The van der Waals surface area contributed by atoms with Crippen molar-refractivity contribution in [2.75, 3.05) is 0 Å². The van der Waals surface area contributed by atoms with Gasteiger partial charge in [0.05, 0.1) is 0 Å². The van der Waals surface area contributed by atoms with Gasteiger partial charge in [-0.3, -0.25) is 0 Å². The molecule has 0 amide bonds. The molecule has 0 saturated heterocycles. The van der Waals surface area contributed by atoms with Crippen molar-refractivity contribution in [3.05, 3.63) is 0 Å². The molecule has 0 rings (SSSR count). The van der Waals surface area contributed by atoms with Crippen LogP contribution in [0.3, 0.4) is 0 Å². The molecule has 0 saturated carbocycles. The molecule has 1 atom stereocenters. The number of hydrogen-bond donors (Lipinski definition) is 0. The van der Waals surface area contributed by atoms with Gasteiger partial charge in [-0.25, -0.2) is 0 Å². The van der Waals surface area contributed by atoms with Gasteiger partial charge in [0.2, 0.25) is 0 Å². The second kappa shape index (κ2) is 57.0. The fourth-order valence-electron chi connectivity index (χ4n) is 4.34. The molecule has 0 aromatic carbocycles. The third kappa shape index (κ3) is 124. The SMILES string of the molecule is CC(C)C.CC(C)C(C)(C)C.CC(C)C(C)C.CC(C)CC(C)C.CCC(C)C.CCC(C)CC(C)C.CCC(CC)C(C)C.CCCC(C)C.CCCCC(C)C. The number of rotatable bonds is 15. The maximum atomic E-state index is 2.32. The van der Waals surface area contributed by atoms with Gasteiger partial charge in [-0.15, -0.1) is 0 Å². The molecule has 1 unspecified atom stereocenters. The molecule has 0 heteroatoms. The minimum Gasteiger partial charge on any atom is -0.0654 e. The highest BCUT2D eigenvalue weighted by Crippen LogP contribution is 2.23. The van der Waals surface area contributed by atoms with Crippen LogP contribution < -0.4 is 0 Å². The van der Waals surface area contributed by atoms with Gasteiger partial charge in [0, 0.05) is 0 Å². The lowest BCUT2D eigenvalue weighted by Crippen LogP contribution is -2.12. The monoisotopic (exact) mass is 831 g/mol. The molecule has 0 aliphatic heterocycles. The van der Waals surface area contributed by atoms with Gasteiger partial charge in [0.25, 0.3) is 0 Å². The van der Waals surface area contributed by atoms with E-state index in [1.165, 1.54) is 70.6 Å². The maximum Gasteiger partial charge on any atom is -0.0360 e. The quantitative estimate of drug-likeness (QED) is 0.154. The van der Waals surface area contributed by atoms with Crippen LogP contribution in [-0.4, -0.2) is 0 Å². The van der Waals surface area contributed by atoms with Crippen molar-refractivity contribution < 1.29 is 0 Å². The van der Waals surface area contributed by atoms with Gasteiger partial charge in [-0.05, 0) is 95.2 Å². The van der Waals surface area contributed by atoms with Gasteiger partial charge < -0.3 is 0 Å². The first kappa shape index (κ1) is 78.5. The maximum absolute atomic E-state index is 2.32. The van der Waals surface area contributed by atoms with Crippen molar-refractivity contribution in [2.24, 2.45) is 82.3 Å². The lowest BCUT2D eigenvalue weighted by Gasteiger charge is -2.22. The lowest BCUT2D eigenvalue weighted by atomic mass is 9.84. The van der Waals surface area contributed by atoms with Gasteiger partial charge >= 0.3 is 0 Å². The summed E-state index contributed by atoms with van der Waals surface area (Å²) in [6, 6.07) is 0. The Labute approximate surface area is 380 Å². The number of unbranched alkanes of at least 4 members (excludes halogenated alkanes) is 1. The molecule has 0 N–H and O–H groups in total. The summed E-state index contributed by atoms with van der Waals surface area (Å²) in [6.45, 7) is 74.3. The van der Waals surface area contributed by atoms with E-state index in [-0.39, 0.29) is 0 Å².